The Morgan fingerprint density at radius 2 is 2.15 bits per heavy atom. The van der Waals surface area contributed by atoms with Gasteiger partial charge in [-0.2, -0.15) is 0 Å². The summed E-state index contributed by atoms with van der Waals surface area (Å²) in [4.78, 5) is 0. The second-order valence-corrected chi connectivity index (χ2v) is 4.64. The lowest BCUT2D eigenvalue weighted by Gasteiger charge is -2.21. The predicted octanol–water partition coefficient (Wildman–Crippen LogP) is 3.06. The lowest BCUT2D eigenvalue weighted by molar-refractivity contribution is 0.217. The Balaban J connectivity index is 2.06. The Bertz CT molecular complexity index is 510. The van der Waals surface area contributed by atoms with E-state index in [1.807, 2.05) is 43.3 Å². The molecule has 0 aliphatic carbocycles. The van der Waals surface area contributed by atoms with Crippen molar-refractivity contribution in [1.29, 1.82) is 0 Å². The first-order chi connectivity index (χ1) is 9.74. The van der Waals surface area contributed by atoms with E-state index in [-0.39, 0.29) is 18.7 Å². The van der Waals surface area contributed by atoms with E-state index in [4.69, 9.17) is 9.15 Å². The van der Waals surface area contributed by atoms with Gasteiger partial charge in [0.2, 0.25) is 0 Å². The van der Waals surface area contributed by atoms with Crippen LogP contribution in [0.25, 0.3) is 0 Å². The largest absolute Gasteiger partial charge is 0.494 e. The van der Waals surface area contributed by atoms with Crippen molar-refractivity contribution in [2.24, 2.45) is 0 Å². The molecule has 0 saturated heterocycles. The van der Waals surface area contributed by atoms with Gasteiger partial charge in [0.15, 0.2) is 0 Å². The Morgan fingerprint density at radius 3 is 2.80 bits per heavy atom. The molecule has 0 bridgehead atoms. The fraction of sp³-hybridized carbons (Fsp3) is 0.375. The summed E-state index contributed by atoms with van der Waals surface area (Å²) in [6, 6.07) is 11.5. The Hall–Kier alpha value is -1.78. The number of aliphatic hydroxyl groups is 1. The maximum absolute atomic E-state index is 9.49. The fourth-order valence-electron chi connectivity index (χ4n) is 2.15. The molecule has 20 heavy (non-hydrogen) atoms. The van der Waals surface area contributed by atoms with E-state index < -0.39 is 0 Å². The lowest BCUT2D eigenvalue weighted by atomic mass is 10.1. The topological polar surface area (TPSA) is 54.6 Å². The molecule has 4 heteroatoms. The molecule has 0 aliphatic rings. The molecule has 1 aromatic heterocycles. The van der Waals surface area contributed by atoms with E-state index in [0.717, 1.165) is 17.1 Å². The van der Waals surface area contributed by atoms with E-state index in [1.165, 1.54) is 0 Å². The van der Waals surface area contributed by atoms with Gasteiger partial charge >= 0.3 is 0 Å². The third-order valence-electron chi connectivity index (χ3n) is 3.19. The van der Waals surface area contributed by atoms with E-state index in [1.54, 1.807) is 6.26 Å². The molecule has 2 aromatic rings. The van der Waals surface area contributed by atoms with Crippen molar-refractivity contribution >= 4 is 0 Å². The minimum absolute atomic E-state index is 0.0109. The summed E-state index contributed by atoms with van der Waals surface area (Å²) < 4.78 is 10.8. The molecule has 0 radical (unpaired) electrons. The van der Waals surface area contributed by atoms with E-state index >= 15 is 0 Å². The van der Waals surface area contributed by atoms with Crippen LogP contribution < -0.4 is 10.1 Å². The van der Waals surface area contributed by atoms with Crippen molar-refractivity contribution in [2.45, 2.75) is 25.9 Å². The molecular formula is C16H21NO3. The second kappa shape index (κ2) is 7.12. The van der Waals surface area contributed by atoms with E-state index in [9.17, 15) is 5.11 Å². The van der Waals surface area contributed by atoms with Crippen LogP contribution in [0.15, 0.2) is 47.1 Å². The first-order valence-electron chi connectivity index (χ1n) is 6.87. The molecule has 1 heterocycles. The summed E-state index contributed by atoms with van der Waals surface area (Å²) in [5.74, 6) is 1.59. The molecule has 1 aromatic carbocycles. The second-order valence-electron chi connectivity index (χ2n) is 4.64. The van der Waals surface area contributed by atoms with Crippen LogP contribution in [-0.2, 0) is 0 Å². The summed E-state index contributed by atoms with van der Waals surface area (Å²) in [5.41, 5.74) is 1.11. The number of aliphatic hydroxyl groups excluding tert-OH is 1. The highest BCUT2D eigenvalue weighted by Gasteiger charge is 2.17. The monoisotopic (exact) mass is 275 g/mol. The summed E-state index contributed by atoms with van der Waals surface area (Å²) in [5, 5.41) is 12.8. The molecule has 2 N–H and O–H groups in total. The van der Waals surface area contributed by atoms with Gasteiger partial charge in [-0.3, -0.25) is 5.32 Å². The van der Waals surface area contributed by atoms with Crippen LogP contribution in [0.1, 0.15) is 37.3 Å². The average Bonchev–Trinajstić information content (AvgIpc) is 2.99. The maximum Gasteiger partial charge on any atom is 0.123 e. The molecule has 2 atom stereocenters. The normalized spacial score (nSPS) is 13.9. The number of benzene rings is 1. The van der Waals surface area contributed by atoms with Gasteiger partial charge in [0.25, 0.3) is 0 Å². The quantitative estimate of drug-likeness (QED) is 0.815. The van der Waals surface area contributed by atoms with E-state index in [2.05, 4.69) is 12.2 Å². The smallest absolute Gasteiger partial charge is 0.123 e. The molecule has 2 unspecified atom stereocenters. The fourth-order valence-corrected chi connectivity index (χ4v) is 2.15. The van der Waals surface area contributed by atoms with Crippen LogP contribution in [0.2, 0.25) is 0 Å². The standard InChI is InChI=1S/C16H21NO3/c1-3-19-14-7-4-6-13(10-14)12(2)17-15(11-18)16-8-5-9-20-16/h4-10,12,15,17-18H,3,11H2,1-2H3. The summed E-state index contributed by atoms with van der Waals surface area (Å²) in [6.45, 7) is 4.66. The maximum atomic E-state index is 9.49. The summed E-state index contributed by atoms with van der Waals surface area (Å²) in [7, 11) is 0. The SMILES string of the molecule is CCOc1cccc(C(C)NC(CO)c2ccco2)c1. The van der Waals surface area contributed by atoms with E-state index in [0.29, 0.717) is 6.61 Å². The van der Waals surface area contributed by atoms with Crippen LogP contribution >= 0.6 is 0 Å². The van der Waals surface area contributed by atoms with Crippen LogP contribution in [0.5, 0.6) is 5.75 Å². The van der Waals surface area contributed by atoms with Crippen LogP contribution in [0.4, 0.5) is 0 Å². The van der Waals surface area contributed by atoms with Gasteiger partial charge in [0.1, 0.15) is 11.5 Å². The van der Waals surface area contributed by atoms with Crippen molar-refractivity contribution in [3.05, 3.63) is 54.0 Å². The summed E-state index contributed by atoms with van der Waals surface area (Å²) >= 11 is 0. The number of furan rings is 1. The van der Waals surface area contributed by atoms with Crippen molar-refractivity contribution < 1.29 is 14.3 Å². The average molecular weight is 275 g/mol. The van der Waals surface area contributed by atoms with Gasteiger partial charge in [-0.15, -0.1) is 0 Å². The molecule has 4 nitrogen and oxygen atoms in total. The minimum Gasteiger partial charge on any atom is -0.494 e. The number of hydrogen-bond acceptors (Lipinski definition) is 4. The highest BCUT2D eigenvalue weighted by molar-refractivity contribution is 5.30. The Kier molecular flexibility index (Phi) is 5.21. The molecular weight excluding hydrogens is 254 g/mol. The zero-order valence-electron chi connectivity index (χ0n) is 11.9. The first kappa shape index (κ1) is 14.6. The Labute approximate surface area is 119 Å². The zero-order valence-corrected chi connectivity index (χ0v) is 11.9. The molecule has 0 aliphatic heterocycles. The third kappa shape index (κ3) is 3.62. The van der Waals surface area contributed by atoms with Crippen LogP contribution in [0.3, 0.4) is 0 Å². The zero-order chi connectivity index (χ0) is 14.4. The van der Waals surface area contributed by atoms with Gasteiger partial charge in [0.05, 0.1) is 25.5 Å². The molecule has 0 fully saturated rings. The molecule has 0 amide bonds. The number of nitrogens with one attached hydrogen (secondary N) is 1. The Morgan fingerprint density at radius 1 is 1.30 bits per heavy atom. The predicted molar refractivity (Wildman–Crippen MR) is 77.7 cm³/mol. The van der Waals surface area contributed by atoms with Crippen LogP contribution in [0, 0.1) is 0 Å². The van der Waals surface area contributed by atoms with Crippen molar-refractivity contribution in [2.75, 3.05) is 13.2 Å². The number of ether oxygens (including phenoxy) is 1. The number of rotatable bonds is 7. The number of hydrogen-bond donors (Lipinski definition) is 2. The highest BCUT2D eigenvalue weighted by Crippen LogP contribution is 2.22. The minimum atomic E-state index is -0.212. The first-order valence-corrected chi connectivity index (χ1v) is 6.87. The van der Waals surface area contributed by atoms with Gasteiger partial charge in [-0.05, 0) is 43.7 Å². The molecule has 108 valence electrons. The molecule has 0 spiro atoms. The highest BCUT2D eigenvalue weighted by atomic mass is 16.5. The van der Waals surface area contributed by atoms with Gasteiger partial charge in [-0.25, -0.2) is 0 Å². The third-order valence-corrected chi connectivity index (χ3v) is 3.19. The van der Waals surface area contributed by atoms with Gasteiger partial charge in [-0.1, -0.05) is 12.1 Å². The van der Waals surface area contributed by atoms with Crippen molar-refractivity contribution in [3.63, 3.8) is 0 Å². The summed E-state index contributed by atoms with van der Waals surface area (Å²) in [6.07, 6.45) is 1.61. The lowest BCUT2D eigenvalue weighted by Crippen LogP contribution is -2.27. The van der Waals surface area contributed by atoms with Gasteiger partial charge in [0, 0.05) is 6.04 Å². The van der Waals surface area contributed by atoms with Crippen molar-refractivity contribution in [3.8, 4) is 5.75 Å². The molecule has 2 rings (SSSR count). The molecule has 0 saturated carbocycles. The van der Waals surface area contributed by atoms with Gasteiger partial charge < -0.3 is 14.3 Å². The van der Waals surface area contributed by atoms with Crippen LogP contribution in [-0.4, -0.2) is 18.3 Å². The van der Waals surface area contributed by atoms with Crippen molar-refractivity contribution in [1.82, 2.24) is 5.32 Å².